The predicted octanol–water partition coefficient (Wildman–Crippen LogP) is 7.58. The van der Waals surface area contributed by atoms with Crippen LogP contribution in [0.4, 0.5) is 0 Å². The van der Waals surface area contributed by atoms with E-state index in [-0.39, 0.29) is 0 Å². The maximum atomic E-state index is 12.3. The number of quaternary nitrogens is 1. The van der Waals surface area contributed by atoms with Gasteiger partial charge < -0.3 is 9.59 Å². The highest BCUT2D eigenvalue weighted by atomic mass is 16.4. The third kappa shape index (κ3) is 8.99. The Morgan fingerprint density at radius 3 is 1.62 bits per heavy atom. The van der Waals surface area contributed by atoms with Gasteiger partial charge in [-0.15, -0.1) is 0 Å². The topological polar surface area (TPSA) is 37.3 Å². The standard InChI is InChI=1S/C26H51NO2/c1-5-6-7-8-9-10-11-12-13-14-15-16-20-23-27(3,4)26(2,25(28)29)24-21-18-17-19-22-24/h24H,5-23H2,1-4H3/p+1. The summed E-state index contributed by atoms with van der Waals surface area (Å²) in [6, 6.07) is 0. The van der Waals surface area contributed by atoms with Crippen LogP contribution in [0.2, 0.25) is 0 Å². The van der Waals surface area contributed by atoms with E-state index >= 15 is 0 Å². The van der Waals surface area contributed by atoms with Crippen molar-refractivity contribution in [2.75, 3.05) is 20.6 Å². The number of carboxylic acid groups (broad SMARTS) is 1. The zero-order valence-electron chi connectivity index (χ0n) is 20.3. The minimum Gasteiger partial charge on any atom is -0.477 e. The normalized spacial score (nSPS) is 17.9. The molecular formula is C26H52NO2+. The highest BCUT2D eigenvalue weighted by Gasteiger charge is 2.53. The fourth-order valence-corrected chi connectivity index (χ4v) is 5.35. The average Bonchev–Trinajstić information content (AvgIpc) is 2.71. The number of rotatable bonds is 17. The summed E-state index contributed by atoms with van der Waals surface area (Å²) < 4.78 is 0.630. The quantitative estimate of drug-likeness (QED) is 0.198. The Morgan fingerprint density at radius 2 is 1.21 bits per heavy atom. The molecule has 1 fully saturated rings. The molecular weight excluding hydrogens is 358 g/mol. The molecule has 1 N–H and O–H groups in total. The first-order chi connectivity index (χ1) is 13.9. The first-order valence-corrected chi connectivity index (χ1v) is 12.9. The van der Waals surface area contributed by atoms with Gasteiger partial charge in [-0.3, -0.25) is 0 Å². The van der Waals surface area contributed by atoms with Crippen molar-refractivity contribution in [3.8, 4) is 0 Å². The largest absolute Gasteiger partial charge is 0.477 e. The molecule has 0 radical (unpaired) electrons. The third-order valence-electron chi connectivity index (χ3n) is 7.91. The Hall–Kier alpha value is -0.570. The smallest absolute Gasteiger partial charge is 0.365 e. The number of likely N-dealkylation sites (N-methyl/N-ethyl adjacent to an activating group) is 1. The number of unbranched alkanes of at least 4 members (excludes halogenated alkanes) is 12. The van der Waals surface area contributed by atoms with Crippen molar-refractivity contribution in [1.82, 2.24) is 0 Å². The van der Waals surface area contributed by atoms with E-state index in [1.165, 1.54) is 96.3 Å². The van der Waals surface area contributed by atoms with Crippen LogP contribution in [0.15, 0.2) is 0 Å². The number of hydrogen-bond acceptors (Lipinski definition) is 1. The first kappa shape index (κ1) is 26.5. The molecule has 0 aliphatic heterocycles. The summed E-state index contributed by atoms with van der Waals surface area (Å²) >= 11 is 0. The van der Waals surface area contributed by atoms with Crippen molar-refractivity contribution in [3.63, 3.8) is 0 Å². The molecule has 0 bridgehead atoms. The van der Waals surface area contributed by atoms with Gasteiger partial charge in [0, 0.05) is 12.8 Å². The van der Waals surface area contributed by atoms with E-state index in [0.717, 1.165) is 25.8 Å². The zero-order valence-corrected chi connectivity index (χ0v) is 20.3. The minimum atomic E-state index is -0.641. The molecule has 172 valence electrons. The molecule has 1 rings (SSSR count). The van der Waals surface area contributed by atoms with E-state index in [1.54, 1.807) is 0 Å². The highest BCUT2D eigenvalue weighted by molar-refractivity contribution is 5.77. The van der Waals surface area contributed by atoms with Gasteiger partial charge >= 0.3 is 5.97 Å². The van der Waals surface area contributed by atoms with E-state index in [2.05, 4.69) is 21.0 Å². The Morgan fingerprint density at radius 1 is 0.793 bits per heavy atom. The SMILES string of the molecule is CCCCCCCCCCCCCCC[N+](C)(C)C(C)(C(=O)O)C1CCCCC1. The molecule has 0 aromatic carbocycles. The summed E-state index contributed by atoms with van der Waals surface area (Å²) in [5.41, 5.74) is -0.641. The fourth-order valence-electron chi connectivity index (χ4n) is 5.35. The maximum Gasteiger partial charge on any atom is 0.365 e. The lowest BCUT2D eigenvalue weighted by Gasteiger charge is -2.49. The van der Waals surface area contributed by atoms with Crippen LogP contribution in [0.1, 0.15) is 129 Å². The third-order valence-corrected chi connectivity index (χ3v) is 7.91. The minimum absolute atomic E-state index is 0.325. The van der Waals surface area contributed by atoms with Gasteiger partial charge in [0.15, 0.2) is 5.54 Å². The summed E-state index contributed by atoms with van der Waals surface area (Å²) in [6.45, 7) is 5.28. The van der Waals surface area contributed by atoms with E-state index in [0.29, 0.717) is 10.4 Å². The zero-order chi connectivity index (χ0) is 21.6. The maximum absolute atomic E-state index is 12.3. The van der Waals surface area contributed by atoms with Crippen molar-refractivity contribution in [2.24, 2.45) is 5.92 Å². The van der Waals surface area contributed by atoms with Gasteiger partial charge in [0.2, 0.25) is 0 Å². The van der Waals surface area contributed by atoms with Crippen molar-refractivity contribution in [2.45, 2.75) is 135 Å². The first-order valence-electron chi connectivity index (χ1n) is 12.9. The van der Waals surface area contributed by atoms with Gasteiger partial charge in [-0.2, -0.15) is 0 Å². The summed E-state index contributed by atoms with van der Waals surface area (Å²) in [6.07, 6.45) is 23.5. The van der Waals surface area contributed by atoms with Crippen molar-refractivity contribution >= 4 is 5.97 Å². The molecule has 0 amide bonds. The Kier molecular flexibility index (Phi) is 13.2. The van der Waals surface area contributed by atoms with Gasteiger partial charge in [-0.25, -0.2) is 4.79 Å². The van der Waals surface area contributed by atoms with Crippen LogP contribution in [-0.2, 0) is 4.79 Å². The number of carboxylic acids is 1. The summed E-state index contributed by atoms with van der Waals surface area (Å²) in [4.78, 5) is 12.3. The molecule has 1 aliphatic carbocycles. The van der Waals surface area contributed by atoms with E-state index in [1.807, 2.05) is 6.92 Å². The van der Waals surface area contributed by atoms with Crippen molar-refractivity contribution in [1.29, 1.82) is 0 Å². The number of nitrogens with zero attached hydrogens (tertiary/aromatic N) is 1. The van der Waals surface area contributed by atoms with Crippen LogP contribution in [0, 0.1) is 5.92 Å². The molecule has 1 saturated carbocycles. The highest BCUT2D eigenvalue weighted by Crippen LogP contribution is 2.39. The number of aliphatic carboxylic acids is 1. The average molecular weight is 411 g/mol. The second-order valence-electron chi connectivity index (χ2n) is 10.4. The predicted molar refractivity (Wildman–Crippen MR) is 125 cm³/mol. The molecule has 0 heterocycles. The number of hydrogen-bond donors (Lipinski definition) is 1. The van der Waals surface area contributed by atoms with Gasteiger partial charge in [0.05, 0.1) is 20.6 Å². The van der Waals surface area contributed by atoms with Crippen LogP contribution in [0.5, 0.6) is 0 Å². The molecule has 3 nitrogen and oxygen atoms in total. The summed E-state index contributed by atoms with van der Waals surface area (Å²) in [5.74, 6) is -0.269. The molecule has 1 unspecified atom stereocenters. The van der Waals surface area contributed by atoms with Crippen molar-refractivity contribution in [3.05, 3.63) is 0 Å². The lowest BCUT2D eigenvalue weighted by Crippen LogP contribution is -2.66. The van der Waals surface area contributed by atoms with Gasteiger partial charge in [-0.1, -0.05) is 96.8 Å². The molecule has 0 aromatic rings. The second kappa shape index (κ2) is 14.4. The molecule has 3 heteroatoms. The Bertz CT molecular complexity index is 428. The van der Waals surface area contributed by atoms with Crippen LogP contribution in [-0.4, -0.2) is 41.7 Å². The lowest BCUT2D eigenvalue weighted by atomic mass is 9.73. The second-order valence-corrected chi connectivity index (χ2v) is 10.4. The molecule has 0 spiro atoms. The monoisotopic (exact) mass is 410 g/mol. The van der Waals surface area contributed by atoms with Gasteiger partial charge in [0.1, 0.15) is 0 Å². The lowest BCUT2D eigenvalue weighted by molar-refractivity contribution is -0.935. The summed E-state index contributed by atoms with van der Waals surface area (Å²) in [7, 11) is 4.31. The fraction of sp³-hybridized carbons (Fsp3) is 0.962. The van der Waals surface area contributed by atoms with Crippen LogP contribution < -0.4 is 0 Å². The molecule has 1 aliphatic rings. The van der Waals surface area contributed by atoms with Crippen LogP contribution in [0.3, 0.4) is 0 Å². The van der Waals surface area contributed by atoms with Crippen LogP contribution >= 0.6 is 0 Å². The number of carbonyl (C=O) groups is 1. The van der Waals surface area contributed by atoms with Gasteiger partial charge in [-0.05, 0) is 25.7 Å². The summed E-state index contributed by atoms with van der Waals surface area (Å²) in [5, 5.41) is 10.1. The van der Waals surface area contributed by atoms with Crippen molar-refractivity contribution < 1.29 is 14.4 Å². The Balaban J connectivity index is 2.17. The van der Waals surface area contributed by atoms with E-state index in [9.17, 15) is 9.90 Å². The van der Waals surface area contributed by atoms with Crippen LogP contribution in [0.25, 0.3) is 0 Å². The van der Waals surface area contributed by atoms with E-state index < -0.39 is 11.5 Å². The Labute approximate surface area is 182 Å². The molecule has 0 saturated heterocycles. The van der Waals surface area contributed by atoms with E-state index in [4.69, 9.17) is 0 Å². The molecule has 0 aromatic heterocycles. The molecule has 29 heavy (non-hydrogen) atoms. The molecule has 1 atom stereocenters. The van der Waals surface area contributed by atoms with Gasteiger partial charge in [0.25, 0.3) is 0 Å².